The first-order valence-electron chi connectivity index (χ1n) is 12.5. The van der Waals surface area contributed by atoms with Crippen LogP contribution in [-0.2, 0) is 24.0 Å². The van der Waals surface area contributed by atoms with E-state index in [-0.39, 0.29) is 24.2 Å². The molecule has 12 heteroatoms. The summed E-state index contributed by atoms with van der Waals surface area (Å²) in [7, 11) is 0. The summed E-state index contributed by atoms with van der Waals surface area (Å²) >= 11 is 13.9. The van der Waals surface area contributed by atoms with Crippen molar-refractivity contribution < 1.29 is 27.5 Å². The number of nitrogens with one attached hydrogen (secondary N) is 1. The van der Waals surface area contributed by atoms with E-state index >= 15 is 0 Å². The lowest BCUT2D eigenvalue weighted by Crippen LogP contribution is -2.49. The standard InChI is InChI=1S/C27H32Cl2F3N3O3S/c1-5-39-23-19(12-20(28)14-22(23)29)15-33-24(36)17-6-7-18(21(13-17)27(30,31)32)16-34-8-10-35(11-9-34)25(37)38-26(2,3)4/h6-7,12-14H,5,8-11,15-16H2,1-4H3,(H,33,36). The van der Waals surface area contributed by atoms with Crippen molar-refractivity contribution in [3.8, 4) is 0 Å². The van der Waals surface area contributed by atoms with Gasteiger partial charge in [-0.3, -0.25) is 9.69 Å². The van der Waals surface area contributed by atoms with Crippen LogP contribution in [0.15, 0.2) is 35.2 Å². The molecule has 6 nitrogen and oxygen atoms in total. The van der Waals surface area contributed by atoms with Crippen molar-refractivity contribution in [2.24, 2.45) is 0 Å². The topological polar surface area (TPSA) is 61.9 Å². The predicted octanol–water partition coefficient (Wildman–Crippen LogP) is 7.11. The third kappa shape index (κ3) is 8.93. The zero-order chi connectivity index (χ0) is 29.0. The minimum absolute atomic E-state index is 0.0392. The van der Waals surface area contributed by atoms with E-state index in [0.29, 0.717) is 41.8 Å². The van der Waals surface area contributed by atoms with Gasteiger partial charge in [0.15, 0.2) is 0 Å². The molecule has 39 heavy (non-hydrogen) atoms. The molecule has 0 aromatic heterocycles. The van der Waals surface area contributed by atoms with Crippen molar-refractivity contribution in [2.75, 3.05) is 31.9 Å². The van der Waals surface area contributed by atoms with E-state index in [1.807, 2.05) is 11.8 Å². The molecular formula is C27H32Cl2F3N3O3S. The molecule has 1 fully saturated rings. The molecule has 0 saturated carbocycles. The number of benzene rings is 2. The number of piperazine rings is 1. The van der Waals surface area contributed by atoms with Gasteiger partial charge in [-0.1, -0.05) is 36.2 Å². The lowest BCUT2D eigenvalue weighted by atomic mass is 10.0. The minimum atomic E-state index is -4.64. The van der Waals surface area contributed by atoms with Crippen molar-refractivity contribution in [3.63, 3.8) is 0 Å². The Balaban J connectivity index is 1.69. The predicted molar refractivity (Wildman–Crippen MR) is 149 cm³/mol. The number of rotatable bonds is 7. The van der Waals surface area contributed by atoms with Gasteiger partial charge >= 0.3 is 12.3 Å². The van der Waals surface area contributed by atoms with Crippen LogP contribution >= 0.6 is 35.0 Å². The Labute approximate surface area is 241 Å². The largest absolute Gasteiger partial charge is 0.444 e. The van der Waals surface area contributed by atoms with Crippen LogP contribution in [0.5, 0.6) is 0 Å². The van der Waals surface area contributed by atoms with Gasteiger partial charge in [0.05, 0.1) is 10.6 Å². The number of nitrogens with zero attached hydrogens (tertiary/aromatic N) is 2. The average Bonchev–Trinajstić information content (AvgIpc) is 2.83. The molecule has 3 rings (SSSR count). The molecule has 2 aromatic rings. The van der Waals surface area contributed by atoms with Crippen LogP contribution in [0.4, 0.5) is 18.0 Å². The van der Waals surface area contributed by atoms with E-state index in [1.165, 1.54) is 23.9 Å². The van der Waals surface area contributed by atoms with Crippen LogP contribution in [0.25, 0.3) is 0 Å². The van der Waals surface area contributed by atoms with Gasteiger partial charge < -0.3 is 15.0 Å². The fourth-order valence-electron chi connectivity index (χ4n) is 4.10. The fourth-order valence-corrected chi connectivity index (χ4v) is 5.61. The maximum atomic E-state index is 14.0. The Hall–Kier alpha value is -2.14. The molecule has 0 unspecified atom stereocenters. The molecule has 1 saturated heterocycles. The zero-order valence-corrected chi connectivity index (χ0v) is 24.6. The smallest absolute Gasteiger partial charge is 0.416 e. The van der Waals surface area contributed by atoms with Gasteiger partial charge in [-0.05, 0) is 61.9 Å². The number of thioether (sulfide) groups is 1. The highest BCUT2D eigenvalue weighted by Crippen LogP contribution is 2.35. The summed E-state index contributed by atoms with van der Waals surface area (Å²) < 4.78 is 47.4. The van der Waals surface area contributed by atoms with E-state index in [0.717, 1.165) is 16.7 Å². The van der Waals surface area contributed by atoms with E-state index in [4.69, 9.17) is 27.9 Å². The summed E-state index contributed by atoms with van der Waals surface area (Å²) in [6, 6.07) is 6.90. The van der Waals surface area contributed by atoms with Gasteiger partial charge in [0.1, 0.15) is 5.60 Å². The van der Waals surface area contributed by atoms with Crippen LogP contribution in [0.2, 0.25) is 10.0 Å². The summed E-state index contributed by atoms with van der Waals surface area (Å²) in [6.07, 6.45) is -5.08. The molecule has 0 bridgehead atoms. The van der Waals surface area contributed by atoms with E-state index in [9.17, 15) is 22.8 Å². The summed E-state index contributed by atoms with van der Waals surface area (Å²) in [5.41, 5.74) is -0.836. The van der Waals surface area contributed by atoms with Gasteiger partial charge in [-0.15, -0.1) is 11.8 Å². The number of carbonyl (C=O) groups excluding carboxylic acids is 2. The van der Waals surface area contributed by atoms with E-state index < -0.39 is 29.3 Å². The zero-order valence-electron chi connectivity index (χ0n) is 22.3. The van der Waals surface area contributed by atoms with Crippen LogP contribution in [0, 0.1) is 0 Å². The SMILES string of the molecule is CCSc1c(Cl)cc(Cl)cc1CNC(=O)c1ccc(CN2CCN(C(=O)OC(C)(C)C)CC2)c(C(F)(F)F)c1. The molecule has 0 atom stereocenters. The van der Waals surface area contributed by atoms with Crippen molar-refractivity contribution in [1.29, 1.82) is 0 Å². The molecule has 2 aromatic carbocycles. The molecule has 1 aliphatic rings. The Kier molecular flexibility index (Phi) is 10.5. The normalized spacial score (nSPS) is 14.8. The molecule has 1 aliphatic heterocycles. The third-order valence-electron chi connectivity index (χ3n) is 5.91. The number of hydrogen-bond donors (Lipinski definition) is 1. The molecule has 214 valence electrons. The highest BCUT2D eigenvalue weighted by molar-refractivity contribution is 7.99. The first-order chi connectivity index (χ1) is 18.2. The summed E-state index contributed by atoms with van der Waals surface area (Å²) in [6.45, 7) is 8.89. The molecule has 1 N–H and O–H groups in total. The van der Waals surface area contributed by atoms with Crippen LogP contribution < -0.4 is 5.32 Å². The summed E-state index contributed by atoms with van der Waals surface area (Å²) in [5, 5.41) is 3.54. The number of halogens is 5. The van der Waals surface area contributed by atoms with Gasteiger partial charge in [-0.25, -0.2) is 4.79 Å². The first-order valence-corrected chi connectivity index (χ1v) is 14.2. The molecule has 0 aliphatic carbocycles. The lowest BCUT2D eigenvalue weighted by Gasteiger charge is -2.36. The van der Waals surface area contributed by atoms with Gasteiger partial charge in [0.25, 0.3) is 5.91 Å². The lowest BCUT2D eigenvalue weighted by molar-refractivity contribution is -0.138. The average molecular weight is 607 g/mol. The molecule has 2 amide bonds. The second kappa shape index (κ2) is 13.0. The van der Waals surface area contributed by atoms with E-state index in [2.05, 4.69) is 5.32 Å². The number of alkyl halides is 3. The van der Waals surface area contributed by atoms with Gasteiger partial charge in [0.2, 0.25) is 0 Å². The Bertz CT molecular complexity index is 1200. The van der Waals surface area contributed by atoms with Crippen molar-refractivity contribution in [2.45, 2.75) is 57.5 Å². The molecule has 0 spiro atoms. The van der Waals surface area contributed by atoms with E-state index in [1.54, 1.807) is 37.8 Å². The monoisotopic (exact) mass is 605 g/mol. The Morgan fingerprint density at radius 1 is 1.03 bits per heavy atom. The molecule has 1 heterocycles. The Morgan fingerprint density at radius 2 is 1.69 bits per heavy atom. The van der Waals surface area contributed by atoms with Crippen LogP contribution in [0.3, 0.4) is 0 Å². The molecule has 0 radical (unpaired) electrons. The van der Waals surface area contributed by atoms with Crippen molar-refractivity contribution >= 4 is 47.0 Å². The van der Waals surface area contributed by atoms with Crippen LogP contribution in [0.1, 0.15) is 54.7 Å². The number of ether oxygens (including phenoxy) is 1. The third-order valence-corrected chi connectivity index (χ3v) is 7.60. The maximum absolute atomic E-state index is 14.0. The number of carbonyl (C=O) groups is 2. The summed E-state index contributed by atoms with van der Waals surface area (Å²) in [4.78, 5) is 29.3. The maximum Gasteiger partial charge on any atom is 0.416 e. The minimum Gasteiger partial charge on any atom is -0.444 e. The first kappa shape index (κ1) is 31.4. The van der Waals surface area contributed by atoms with Crippen LogP contribution in [-0.4, -0.2) is 59.3 Å². The number of hydrogen-bond acceptors (Lipinski definition) is 5. The van der Waals surface area contributed by atoms with Gasteiger partial charge in [0, 0.05) is 54.8 Å². The van der Waals surface area contributed by atoms with Crippen molar-refractivity contribution in [3.05, 3.63) is 62.6 Å². The second-order valence-corrected chi connectivity index (χ2v) is 12.2. The number of amides is 2. The summed E-state index contributed by atoms with van der Waals surface area (Å²) in [5.74, 6) is 0.107. The quantitative estimate of drug-likeness (QED) is 0.341. The highest BCUT2D eigenvalue weighted by Gasteiger charge is 2.35. The van der Waals surface area contributed by atoms with Crippen molar-refractivity contribution in [1.82, 2.24) is 15.1 Å². The van der Waals surface area contributed by atoms with Gasteiger partial charge in [-0.2, -0.15) is 13.2 Å². The second-order valence-electron chi connectivity index (χ2n) is 10.1. The Morgan fingerprint density at radius 3 is 2.28 bits per heavy atom. The molecular weight excluding hydrogens is 574 g/mol. The fraction of sp³-hybridized carbons (Fsp3) is 0.481. The highest BCUT2D eigenvalue weighted by atomic mass is 35.5.